The van der Waals surface area contributed by atoms with E-state index in [-0.39, 0.29) is 0 Å². The van der Waals surface area contributed by atoms with Gasteiger partial charge in [-0.2, -0.15) is 0 Å². The van der Waals surface area contributed by atoms with Crippen molar-refractivity contribution in [3.05, 3.63) is 0 Å². The molecule has 3 nitrogen and oxygen atoms in total. The van der Waals surface area contributed by atoms with Crippen molar-refractivity contribution in [3.63, 3.8) is 0 Å². The van der Waals surface area contributed by atoms with Gasteiger partial charge in [-0.3, -0.25) is 4.21 Å². The van der Waals surface area contributed by atoms with Crippen LogP contribution in [0.2, 0.25) is 0 Å². The Bertz CT molecular complexity index is 207. The fraction of sp³-hybridized carbons (Fsp3) is 1.00. The number of hydrogen-bond donors (Lipinski definition) is 2. The normalized spacial score (nSPS) is 22.3. The van der Waals surface area contributed by atoms with E-state index >= 15 is 0 Å². The molecular formula is C11H23NO2S. The number of aliphatic hydroxyl groups is 1. The highest BCUT2D eigenvalue weighted by atomic mass is 32.2. The highest BCUT2D eigenvalue weighted by molar-refractivity contribution is 7.85. The van der Waals surface area contributed by atoms with Gasteiger partial charge in [0, 0.05) is 29.1 Å². The van der Waals surface area contributed by atoms with Crippen LogP contribution in [0.15, 0.2) is 0 Å². The van der Waals surface area contributed by atoms with Crippen LogP contribution in [0, 0.1) is 5.92 Å². The van der Waals surface area contributed by atoms with Crippen molar-refractivity contribution in [2.24, 2.45) is 5.92 Å². The van der Waals surface area contributed by atoms with E-state index in [1.54, 1.807) is 0 Å². The summed E-state index contributed by atoms with van der Waals surface area (Å²) in [6, 6.07) is 0.614. The Morgan fingerprint density at radius 2 is 2.13 bits per heavy atom. The fourth-order valence-corrected chi connectivity index (χ4v) is 2.92. The molecule has 15 heavy (non-hydrogen) atoms. The number of nitrogens with one attached hydrogen (secondary N) is 1. The first-order chi connectivity index (χ1) is 7.11. The van der Waals surface area contributed by atoms with Crippen LogP contribution in [0.1, 0.15) is 33.1 Å². The van der Waals surface area contributed by atoms with Gasteiger partial charge in [0.25, 0.3) is 0 Å². The molecule has 0 saturated heterocycles. The lowest BCUT2D eigenvalue weighted by Crippen LogP contribution is -2.33. The first-order valence-corrected chi connectivity index (χ1v) is 7.37. The molecule has 0 aliphatic heterocycles. The Labute approximate surface area is 95.1 Å². The van der Waals surface area contributed by atoms with E-state index in [1.807, 2.05) is 0 Å². The second-order valence-electron chi connectivity index (χ2n) is 4.62. The van der Waals surface area contributed by atoms with Gasteiger partial charge in [0.05, 0.1) is 11.9 Å². The predicted molar refractivity (Wildman–Crippen MR) is 64.4 cm³/mol. The van der Waals surface area contributed by atoms with E-state index in [1.165, 1.54) is 12.8 Å². The minimum atomic E-state index is -0.864. The Balaban J connectivity index is 2.06. The zero-order valence-electron chi connectivity index (χ0n) is 9.74. The van der Waals surface area contributed by atoms with Gasteiger partial charge in [0.15, 0.2) is 0 Å². The smallest absolute Gasteiger partial charge is 0.0779 e. The Morgan fingerprint density at radius 1 is 1.47 bits per heavy atom. The lowest BCUT2D eigenvalue weighted by Gasteiger charge is -2.13. The quantitative estimate of drug-likeness (QED) is 0.655. The van der Waals surface area contributed by atoms with E-state index < -0.39 is 16.9 Å². The van der Waals surface area contributed by atoms with Gasteiger partial charge in [0.1, 0.15) is 0 Å². The highest BCUT2D eigenvalue weighted by Crippen LogP contribution is 2.18. The molecular weight excluding hydrogens is 210 g/mol. The van der Waals surface area contributed by atoms with Crippen molar-refractivity contribution in [1.82, 2.24) is 5.32 Å². The summed E-state index contributed by atoms with van der Waals surface area (Å²) in [5.74, 6) is 1.63. The van der Waals surface area contributed by atoms with Gasteiger partial charge in [-0.15, -0.1) is 0 Å². The van der Waals surface area contributed by atoms with Crippen LogP contribution in [0.25, 0.3) is 0 Å². The van der Waals surface area contributed by atoms with Crippen molar-refractivity contribution in [3.8, 4) is 0 Å². The van der Waals surface area contributed by atoms with Gasteiger partial charge in [-0.1, -0.05) is 20.3 Å². The zero-order chi connectivity index (χ0) is 11.3. The SMILES string of the molecule is CCC(C)CS(=O)CC(O)CNC1CC1. The van der Waals surface area contributed by atoms with Crippen LogP contribution in [0.3, 0.4) is 0 Å². The second-order valence-corrected chi connectivity index (χ2v) is 6.17. The average Bonchev–Trinajstić information content (AvgIpc) is 2.97. The van der Waals surface area contributed by atoms with Gasteiger partial charge >= 0.3 is 0 Å². The maximum atomic E-state index is 11.6. The molecule has 0 aromatic rings. The van der Waals surface area contributed by atoms with Crippen LogP contribution in [-0.2, 0) is 10.8 Å². The molecule has 1 rings (SSSR count). The van der Waals surface area contributed by atoms with Crippen LogP contribution < -0.4 is 5.32 Å². The first kappa shape index (κ1) is 13.1. The van der Waals surface area contributed by atoms with E-state index in [4.69, 9.17) is 0 Å². The Hall–Kier alpha value is 0.0700. The second kappa shape index (κ2) is 6.61. The third kappa shape index (κ3) is 6.28. The topological polar surface area (TPSA) is 49.3 Å². The number of aliphatic hydroxyl groups excluding tert-OH is 1. The lowest BCUT2D eigenvalue weighted by atomic mass is 10.2. The van der Waals surface area contributed by atoms with Gasteiger partial charge < -0.3 is 10.4 Å². The Morgan fingerprint density at radius 3 is 2.67 bits per heavy atom. The average molecular weight is 233 g/mol. The van der Waals surface area contributed by atoms with Crippen LogP contribution >= 0.6 is 0 Å². The van der Waals surface area contributed by atoms with E-state index in [2.05, 4.69) is 19.2 Å². The summed E-state index contributed by atoms with van der Waals surface area (Å²) in [6.45, 7) is 4.80. The van der Waals surface area contributed by atoms with Crippen molar-refractivity contribution < 1.29 is 9.32 Å². The molecule has 3 atom stereocenters. The van der Waals surface area contributed by atoms with Crippen molar-refractivity contribution >= 4 is 10.8 Å². The molecule has 1 fully saturated rings. The number of hydrogen-bond acceptors (Lipinski definition) is 3. The monoisotopic (exact) mass is 233 g/mol. The molecule has 4 heteroatoms. The molecule has 1 aliphatic rings. The molecule has 0 spiro atoms. The van der Waals surface area contributed by atoms with Gasteiger partial charge in [0.2, 0.25) is 0 Å². The molecule has 0 radical (unpaired) electrons. The summed E-state index contributed by atoms with van der Waals surface area (Å²) in [5.41, 5.74) is 0. The summed E-state index contributed by atoms with van der Waals surface area (Å²) < 4.78 is 11.6. The van der Waals surface area contributed by atoms with E-state index in [0.717, 1.165) is 12.2 Å². The largest absolute Gasteiger partial charge is 0.391 e. The van der Waals surface area contributed by atoms with E-state index in [9.17, 15) is 9.32 Å². The summed E-state index contributed by atoms with van der Waals surface area (Å²) in [6.07, 6.45) is 3.06. The van der Waals surface area contributed by atoms with Crippen LogP contribution in [0.4, 0.5) is 0 Å². The number of rotatable bonds is 8. The molecule has 1 aliphatic carbocycles. The van der Waals surface area contributed by atoms with Gasteiger partial charge in [-0.25, -0.2) is 0 Å². The van der Waals surface area contributed by atoms with Gasteiger partial charge in [-0.05, 0) is 18.8 Å². The molecule has 0 aromatic carbocycles. The maximum Gasteiger partial charge on any atom is 0.0779 e. The summed E-state index contributed by atoms with van der Waals surface area (Å²) in [4.78, 5) is 0. The molecule has 0 aromatic heterocycles. The Kier molecular flexibility index (Phi) is 5.79. The lowest BCUT2D eigenvalue weighted by molar-refractivity contribution is 0.194. The fourth-order valence-electron chi connectivity index (χ4n) is 1.37. The van der Waals surface area contributed by atoms with Crippen molar-refractivity contribution in [2.45, 2.75) is 45.3 Å². The molecule has 90 valence electrons. The summed E-state index contributed by atoms with van der Waals surface area (Å²) in [7, 11) is -0.864. The van der Waals surface area contributed by atoms with Crippen LogP contribution in [-0.4, -0.2) is 39.5 Å². The minimum absolute atomic E-state index is 0.421. The third-order valence-corrected chi connectivity index (χ3v) is 4.46. The summed E-state index contributed by atoms with van der Waals surface area (Å²) >= 11 is 0. The first-order valence-electron chi connectivity index (χ1n) is 5.88. The van der Waals surface area contributed by atoms with E-state index in [0.29, 0.717) is 24.3 Å². The van der Waals surface area contributed by atoms with Crippen LogP contribution in [0.5, 0.6) is 0 Å². The molecule has 3 unspecified atom stereocenters. The highest BCUT2D eigenvalue weighted by Gasteiger charge is 2.21. The standard InChI is InChI=1S/C11H23NO2S/c1-3-9(2)7-15(14)8-11(13)6-12-10-4-5-10/h9-13H,3-8H2,1-2H3. The predicted octanol–water partition coefficient (Wildman–Crippen LogP) is 0.894. The molecule has 0 bridgehead atoms. The summed E-state index contributed by atoms with van der Waals surface area (Å²) in [5, 5.41) is 12.9. The van der Waals surface area contributed by atoms with Crippen molar-refractivity contribution in [1.29, 1.82) is 0 Å². The third-order valence-electron chi connectivity index (χ3n) is 2.77. The van der Waals surface area contributed by atoms with Crippen molar-refractivity contribution in [2.75, 3.05) is 18.1 Å². The molecule has 1 saturated carbocycles. The molecule has 0 heterocycles. The molecule has 2 N–H and O–H groups in total. The maximum absolute atomic E-state index is 11.6. The minimum Gasteiger partial charge on any atom is -0.391 e. The zero-order valence-corrected chi connectivity index (χ0v) is 10.6. The molecule has 0 amide bonds.